The maximum absolute atomic E-state index is 5.74. The van der Waals surface area contributed by atoms with Gasteiger partial charge in [0.15, 0.2) is 0 Å². The van der Waals surface area contributed by atoms with Gasteiger partial charge in [-0.2, -0.15) is 0 Å². The van der Waals surface area contributed by atoms with E-state index in [2.05, 4.69) is 31.5 Å². The van der Waals surface area contributed by atoms with E-state index in [0.29, 0.717) is 12.5 Å². The van der Waals surface area contributed by atoms with E-state index in [4.69, 9.17) is 4.74 Å². The smallest absolute Gasteiger partial charge is 0.123 e. The van der Waals surface area contributed by atoms with Crippen LogP contribution in [0.15, 0.2) is 18.7 Å². The Morgan fingerprint density at radius 3 is 2.62 bits per heavy atom. The van der Waals surface area contributed by atoms with Gasteiger partial charge < -0.3 is 9.30 Å². The largest absolute Gasteiger partial charge is 0.361 e. The van der Waals surface area contributed by atoms with Crippen molar-refractivity contribution in [1.82, 2.24) is 9.55 Å². The van der Waals surface area contributed by atoms with Crippen LogP contribution in [-0.2, 0) is 11.5 Å². The molecule has 0 amide bonds. The fraction of sp³-hybridized carbons (Fsp3) is 0.667. The Bertz CT molecular complexity index is 241. The second-order valence-corrected chi connectivity index (χ2v) is 9.93. The molecule has 0 radical (unpaired) electrons. The minimum atomic E-state index is -1.15. The molecular formula is C9H18N2OSi. The Kier molecular flexibility index (Phi) is 3.27. The van der Waals surface area contributed by atoms with Gasteiger partial charge in [0.1, 0.15) is 6.73 Å². The van der Waals surface area contributed by atoms with E-state index < -0.39 is 8.07 Å². The van der Waals surface area contributed by atoms with E-state index >= 15 is 0 Å². The number of rotatable bonds is 4. The maximum atomic E-state index is 5.74. The highest BCUT2D eigenvalue weighted by Crippen LogP contribution is 2.11. The molecule has 3 nitrogen and oxygen atoms in total. The standard InChI is InChI=1S/C9H18N2OSi/c1-9(13(2,3)4)12-8-11-6-5-10-7-11/h5-7,9H,8H2,1-4H3. The fourth-order valence-electron chi connectivity index (χ4n) is 0.811. The summed E-state index contributed by atoms with van der Waals surface area (Å²) in [4.78, 5) is 3.96. The average Bonchev–Trinajstić information content (AvgIpc) is 2.50. The molecule has 0 fully saturated rings. The van der Waals surface area contributed by atoms with Gasteiger partial charge in [0.2, 0.25) is 0 Å². The summed E-state index contributed by atoms with van der Waals surface area (Å²) < 4.78 is 7.68. The van der Waals surface area contributed by atoms with Crippen molar-refractivity contribution < 1.29 is 4.74 Å². The third-order valence-corrected chi connectivity index (χ3v) is 4.86. The predicted molar refractivity (Wildman–Crippen MR) is 56.1 cm³/mol. The summed E-state index contributed by atoms with van der Waals surface area (Å²) in [6.45, 7) is 9.71. The van der Waals surface area contributed by atoms with Gasteiger partial charge >= 0.3 is 0 Å². The molecule has 4 heteroatoms. The van der Waals surface area contributed by atoms with E-state index in [-0.39, 0.29) is 0 Å². The maximum Gasteiger partial charge on any atom is 0.123 e. The Hall–Kier alpha value is -0.613. The molecule has 1 heterocycles. The lowest BCUT2D eigenvalue weighted by atomic mass is 10.8. The van der Waals surface area contributed by atoms with E-state index in [1.54, 1.807) is 12.5 Å². The van der Waals surface area contributed by atoms with Crippen LogP contribution in [0.5, 0.6) is 0 Å². The van der Waals surface area contributed by atoms with Crippen molar-refractivity contribution >= 4 is 8.07 Å². The summed E-state index contributed by atoms with van der Waals surface area (Å²) in [5, 5.41) is 0. The summed E-state index contributed by atoms with van der Waals surface area (Å²) in [6.07, 6.45) is 5.45. The number of hydrogen-bond acceptors (Lipinski definition) is 2. The van der Waals surface area contributed by atoms with Crippen LogP contribution < -0.4 is 0 Å². The van der Waals surface area contributed by atoms with Crippen molar-refractivity contribution in [3.63, 3.8) is 0 Å². The van der Waals surface area contributed by atoms with Crippen LogP contribution in [0.2, 0.25) is 19.6 Å². The molecule has 0 aliphatic carbocycles. The molecule has 0 spiro atoms. The van der Waals surface area contributed by atoms with Gasteiger partial charge in [-0.15, -0.1) is 0 Å². The van der Waals surface area contributed by atoms with Crippen molar-refractivity contribution in [3.8, 4) is 0 Å². The molecule has 1 unspecified atom stereocenters. The number of hydrogen-bond donors (Lipinski definition) is 0. The van der Waals surface area contributed by atoms with Gasteiger partial charge in [0.05, 0.1) is 14.4 Å². The Morgan fingerprint density at radius 2 is 2.15 bits per heavy atom. The minimum Gasteiger partial charge on any atom is -0.361 e. The second kappa shape index (κ2) is 4.06. The Morgan fingerprint density at radius 1 is 1.46 bits per heavy atom. The highest BCUT2D eigenvalue weighted by molar-refractivity contribution is 6.77. The van der Waals surface area contributed by atoms with Crippen molar-refractivity contribution in [2.75, 3.05) is 0 Å². The summed E-state index contributed by atoms with van der Waals surface area (Å²) in [5.74, 6) is 0. The van der Waals surface area contributed by atoms with Crippen molar-refractivity contribution in [3.05, 3.63) is 18.7 Å². The van der Waals surface area contributed by atoms with Crippen molar-refractivity contribution in [2.24, 2.45) is 0 Å². The lowest BCUT2D eigenvalue weighted by Crippen LogP contribution is -2.38. The number of nitrogens with zero attached hydrogens (tertiary/aromatic N) is 2. The Balaban J connectivity index is 2.35. The minimum absolute atomic E-state index is 0.384. The van der Waals surface area contributed by atoms with Gasteiger partial charge in [-0.05, 0) is 6.92 Å². The SMILES string of the molecule is CC(OCn1ccnc1)[Si](C)(C)C. The number of aromatic nitrogens is 2. The van der Waals surface area contributed by atoms with Crippen molar-refractivity contribution in [2.45, 2.75) is 39.0 Å². The summed E-state index contributed by atoms with van der Waals surface area (Å²) in [6, 6.07) is 0. The van der Waals surface area contributed by atoms with E-state index in [1.807, 2.05) is 10.8 Å². The molecule has 0 bridgehead atoms. The lowest BCUT2D eigenvalue weighted by molar-refractivity contribution is 0.0565. The molecule has 0 saturated heterocycles. The zero-order valence-corrected chi connectivity index (χ0v) is 9.82. The first-order chi connectivity index (χ1) is 6.00. The molecule has 0 N–H and O–H groups in total. The molecule has 0 aliphatic rings. The molecular weight excluding hydrogens is 180 g/mol. The van der Waals surface area contributed by atoms with Crippen LogP contribution in [0, 0.1) is 0 Å². The first-order valence-corrected chi connectivity index (χ1v) is 8.15. The van der Waals surface area contributed by atoms with Crippen LogP contribution in [0.4, 0.5) is 0 Å². The van der Waals surface area contributed by atoms with Gasteiger partial charge in [-0.25, -0.2) is 4.98 Å². The molecule has 0 saturated carbocycles. The molecule has 13 heavy (non-hydrogen) atoms. The molecule has 0 aliphatic heterocycles. The predicted octanol–water partition coefficient (Wildman–Crippen LogP) is 2.12. The molecule has 74 valence electrons. The second-order valence-electron chi connectivity index (χ2n) is 4.38. The quantitative estimate of drug-likeness (QED) is 0.693. The normalized spacial score (nSPS) is 14.5. The van der Waals surface area contributed by atoms with Crippen LogP contribution in [0.3, 0.4) is 0 Å². The highest BCUT2D eigenvalue weighted by atomic mass is 28.3. The van der Waals surface area contributed by atoms with Gasteiger partial charge in [0.25, 0.3) is 0 Å². The van der Waals surface area contributed by atoms with Crippen LogP contribution in [0.1, 0.15) is 6.92 Å². The highest BCUT2D eigenvalue weighted by Gasteiger charge is 2.22. The number of imidazole rings is 1. The van der Waals surface area contributed by atoms with Crippen LogP contribution in [-0.4, -0.2) is 23.4 Å². The molecule has 1 atom stereocenters. The molecule has 1 aromatic heterocycles. The van der Waals surface area contributed by atoms with Gasteiger partial charge in [-0.1, -0.05) is 19.6 Å². The van der Waals surface area contributed by atoms with E-state index in [9.17, 15) is 0 Å². The van der Waals surface area contributed by atoms with E-state index in [0.717, 1.165) is 0 Å². The summed E-state index contributed by atoms with van der Waals surface area (Å²) >= 11 is 0. The summed E-state index contributed by atoms with van der Waals surface area (Å²) in [7, 11) is -1.15. The number of ether oxygens (including phenoxy) is 1. The first-order valence-electron chi connectivity index (χ1n) is 4.57. The third-order valence-electron chi connectivity index (χ3n) is 2.25. The van der Waals surface area contributed by atoms with Crippen LogP contribution in [0.25, 0.3) is 0 Å². The zero-order valence-electron chi connectivity index (χ0n) is 8.82. The molecule has 1 aromatic rings. The fourth-order valence-corrected chi connectivity index (χ4v) is 1.39. The van der Waals surface area contributed by atoms with Gasteiger partial charge in [-0.3, -0.25) is 0 Å². The third kappa shape index (κ3) is 3.32. The van der Waals surface area contributed by atoms with Crippen molar-refractivity contribution in [1.29, 1.82) is 0 Å². The van der Waals surface area contributed by atoms with E-state index in [1.165, 1.54) is 0 Å². The monoisotopic (exact) mass is 198 g/mol. The molecule has 1 rings (SSSR count). The lowest BCUT2D eigenvalue weighted by Gasteiger charge is -2.25. The van der Waals surface area contributed by atoms with Gasteiger partial charge in [0, 0.05) is 18.1 Å². The first kappa shape index (κ1) is 10.5. The molecule has 0 aromatic carbocycles. The van der Waals surface area contributed by atoms with Crippen LogP contribution >= 0.6 is 0 Å². The summed E-state index contributed by atoms with van der Waals surface area (Å²) in [5.41, 5.74) is 0.384. The Labute approximate surface area is 80.8 Å². The zero-order chi connectivity index (χ0) is 9.90. The average molecular weight is 198 g/mol. The topological polar surface area (TPSA) is 27.1 Å².